The van der Waals surface area contributed by atoms with Gasteiger partial charge in [-0.1, -0.05) is 179 Å². The second-order valence-corrected chi connectivity index (χ2v) is 25.4. The van der Waals surface area contributed by atoms with Crippen LogP contribution >= 0.6 is 0 Å². The lowest BCUT2D eigenvalue weighted by molar-refractivity contribution is 0.332. The fraction of sp³-hybridized carbons (Fsp3) is 0.294. The first-order valence-corrected chi connectivity index (χ1v) is 26.6. The number of hydrogen-bond acceptors (Lipinski definition) is 3. The Morgan fingerprint density at radius 2 is 1.01 bits per heavy atom. The summed E-state index contributed by atoms with van der Waals surface area (Å²) in [4.78, 5) is 5.34. The molecule has 0 N–H and O–H groups in total. The fourth-order valence-electron chi connectivity index (χ4n) is 13.4. The zero-order valence-corrected chi connectivity index (χ0v) is 44.2. The Bertz CT molecular complexity index is 3700. The molecule has 0 fully saturated rings. The summed E-state index contributed by atoms with van der Waals surface area (Å²) in [5.41, 5.74) is 25.2. The van der Waals surface area contributed by atoms with Gasteiger partial charge in [0.1, 0.15) is 11.2 Å². The number of hydrogen-bond donors (Lipinski definition) is 0. The topological polar surface area (TPSA) is 19.6 Å². The third kappa shape index (κ3) is 6.69. The number of furan rings is 1. The second-order valence-electron chi connectivity index (χ2n) is 25.4. The van der Waals surface area contributed by atoms with E-state index < -0.39 is 0 Å². The Balaban J connectivity index is 1.22. The van der Waals surface area contributed by atoms with Crippen LogP contribution in [0.1, 0.15) is 130 Å². The first kappa shape index (κ1) is 45.1. The van der Waals surface area contributed by atoms with E-state index in [-0.39, 0.29) is 33.8 Å². The van der Waals surface area contributed by atoms with Gasteiger partial charge in [0.2, 0.25) is 0 Å². The molecule has 3 nitrogen and oxygen atoms in total. The quantitative estimate of drug-likeness (QED) is 0.164. The minimum Gasteiger partial charge on any atom is -0.456 e. The number of nitrogens with zero attached hydrogens (tertiary/aromatic N) is 2. The van der Waals surface area contributed by atoms with Gasteiger partial charge in [-0.05, 0) is 168 Å². The standard InChI is InChI=1S/C68H67BN2O/c1-64(2,3)45-26-30-59-48(38-45)61-60(72-59)31-29-53-63(61)71(55-25-19-18-24-47(55)43-22-16-13-17-23-43)58-37-44(42-20-14-12-15-21-42)36-57-62(58)69(53)54-40-51-52(68(10,11)35-34-67(51,8)9)41-56(54)70(57)46-27-28-49-50(39-46)66(6,7)33-32-65(49,4)5/h12-31,36-41H,32-35H2,1-11H3. The van der Waals surface area contributed by atoms with Crippen LogP contribution in [0.4, 0.5) is 34.1 Å². The van der Waals surface area contributed by atoms with Gasteiger partial charge in [0.15, 0.2) is 0 Å². The van der Waals surface area contributed by atoms with Crippen molar-refractivity contribution in [1.29, 1.82) is 0 Å². The molecule has 0 unspecified atom stereocenters. The highest BCUT2D eigenvalue weighted by molar-refractivity contribution is 7.00. The predicted molar refractivity (Wildman–Crippen MR) is 308 cm³/mol. The summed E-state index contributed by atoms with van der Waals surface area (Å²) in [7, 11) is 0. The van der Waals surface area contributed by atoms with Crippen LogP contribution in [0.3, 0.4) is 0 Å². The van der Waals surface area contributed by atoms with E-state index in [0.717, 1.165) is 46.9 Å². The third-order valence-electron chi connectivity index (χ3n) is 17.9. The van der Waals surface area contributed by atoms with Crippen LogP contribution in [0.25, 0.3) is 44.2 Å². The molecule has 0 spiro atoms. The average molecular weight is 939 g/mol. The Morgan fingerprint density at radius 1 is 0.444 bits per heavy atom. The van der Waals surface area contributed by atoms with Gasteiger partial charge < -0.3 is 14.2 Å². The van der Waals surface area contributed by atoms with Crippen LogP contribution in [0.5, 0.6) is 0 Å². The van der Waals surface area contributed by atoms with Crippen molar-refractivity contribution in [2.75, 3.05) is 9.80 Å². The highest BCUT2D eigenvalue weighted by Gasteiger charge is 2.48. The molecule has 3 heterocycles. The van der Waals surface area contributed by atoms with Crippen LogP contribution in [-0.4, -0.2) is 6.71 Å². The van der Waals surface area contributed by atoms with Crippen molar-refractivity contribution in [2.24, 2.45) is 0 Å². The molecule has 0 radical (unpaired) electrons. The molecule has 0 amide bonds. The summed E-state index contributed by atoms with van der Waals surface area (Å²) in [5, 5.41) is 2.32. The predicted octanol–water partition coefficient (Wildman–Crippen LogP) is 17.0. The molecule has 4 aliphatic rings. The monoisotopic (exact) mass is 939 g/mol. The molecular formula is C68H67BN2O. The van der Waals surface area contributed by atoms with E-state index in [1.54, 1.807) is 0 Å². The molecule has 1 aromatic heterocycles. The summed E-state index contributed by atoms with van der Waals surface area (Å²) in [6.07, 6.45) is 4.64. The van der Waals surface area contributed by atoms with Crippen LogP contribution in [0.15, 0.2) is 162 Å². The molecular weight excluding hydrogens is 872 g/mol. The Kier molecular flexibility index (Phi) is 9.63. The smallest absolute Gasteiger partial charge is 0.252 e. The lowest BCUT2D eigenvalue weighted by Crippen LogP contribution is -2.62. The Hall–Kier alpha value is -6.78. The number of anilines is 6. The van der Waals surface area contributed by atoms with Gasteiger partial charge in [0.05, 0.1) is 16.8 Å². The highest BCUT2D eigenvalue weighted by Crippen LogP contribution is 2.55. The number of fused-ring (bicyclic) bond motifs is 10. The van der Waals surface area contributed by atoms with Crippen LogP contribution in [-0.2, 0) is 27.1 Å². The van der Waals surface area contributed by atoms with Gasteiger partial charge in [-0.25, -0.2) is 0 Å². The van der Waals surface area contributed by atoms with E-state index >= 15 is 0 Å². The van der Waals surface area contributed by atoms with Crippen molar-refractivity contribution in [3.8, 4) is 22.3 Å². The maximum absolute atomic E-state index is 6.98. The van der Waals surface area contributed by atoms with Crippen molar-refractivity contribution in [3.05, 3.63) is 186 Å². The van der Waals surface area contributed by atoms with Crippen molar-refractivity contribution >= 4 is 79.2 Å². The summed E-state index contributed by atoms with van der Waals surface area (Å²) in [5.74, 6) is 0. The number of para-hydroxylation sites is 1. The van der Waals surface area contributed by atoms with Crippen molar-refractivity contribution < 1.29 is 4.42 Å². The molecule has 2 aliphatic carbocycles. The molecule has 0 atom stereocenters. The zero-order valence-electron chi connectivity index (χ0n) is 44.2. The minimum absolute atomic E-state index is 0.0125. The maximum atomic E-state index is 6.98. The Labute approximate surface area is 428 Å². The van der Waals surface area contributed by atoms with Crippen LogP contribution < -0.4 is 26.2 Å². The second kappa shape index (κ2) is 15.4. The summed E-state index contributed by atoms with van der Waals surface area (Å²) in [6.45, 7) is 26.6. The van der Waals surface area contributed by atoms with E-state index in [4.69, 9.17) is 4.42 Å². The summed E-state index contributed by atoms with van der Waals surface area (Å²) >= 11 is 0. The third-order valence-corrected chi connectivity index (χ3v) is 17.9. The van der Waals surface area contributed by atoms with E-state index in [0.29, 0.717) is 0 Å². The van der Waals surface area contributed by atoms with Gasteiger partial charge >= 0.3 is 0 Å². The van der Waals surface area contributed by atoms with Gasteiger partial charge in [-0.3, -0.25) is 0 Å². The molecule has 0 bridgehead atoms. The average Bonchev–Trinajstić information content (AvgIpc) is 3.75. The number of rotatable bonds is 4. The zero-order chi connectivity index (χ0) is 49.9. The molecule has 9 aromatic rings. The molecule has 0 saturated heterocycles. The fourth-order valence-corrected chi connectivity index (χ4v) is 13.4. The largest absolute Gasteiger partial charge is 0.456 e. The van der Waals surface area contributed by atoms with E-state index in [1.807, 2.05) is 0 Å². The van der Waals surface area contributed by atoms with Gasteiger partial charge in [-0.2, -0.15) is 0 Å². The van der Waals surface area contributed by atoms with Gasteiger partial charge in [0, 0.05) is 33.7 Å². The summed E-state index contributed by atoms with van der Waals surface area (Å²) in [6, 6.07) is 60.6. The van der Waals surface area contributed by atoms with Gasteiger partial charge in [0.25, 0.3) is 6.71 Å². The molecule has 0 saturated carbocycles. The highest BCUT2D eigenvalue weighted by atomic mass is 16.3. The molecule has 4 heteroatoms. The SMILES string of the molecule is CC(C)(C)c1ccc2oc3ccc4c(c3c2c1)N(c1ccccc1-c1ccccc1)c1cc(-c2ccccc2)cc2c1B4c1cc3c(cc1N2c1ccc2c(c1)C(C)(C)CCC2(C)C)C(C)(C)CCC3(C)C. The van der Waals surface area contributed by atoms with Crippen molar-refractivity contribution in [1.82, 2.24) is 0 Å². The van der Waals surface area contributed by atoms with Crippen LogP contribution in [0, 0.1) is 0 Å². The van der Waals surface area contributed by atoms with E-state index in [2.05, 4.69) is 244 Å². The van der Waals surface area contributed by atoms with Crippen molar-refractivity contribution in [3.63, 3.8) is 0 Å². The molecule has 358 valence electrons. The maximum Gasteiger partial charge on any atom is 0.252 e. The first-order valence-electron chi connectivity index (χ1n) is 26.6. The van der Waals surface area contributed by atoms with Crippen LogP contribution in [0.2, 0.25) is 0 Å². The van der Waals surface area contributed by atoms with E-state index in [1.165, 1.54) is 101 Å². The Morgan fingerprint density at radius 3 is 1.68 bits per heavy atom. The molecule has 72 heavy (non-hydrogen) atoms. The normalized spacial score (nSPS) is 17.8. The summed E-state index contributed by atoms with van der Waals surface area (Å²) < 4.78 is 6.98. The minimum atomic E-state index is -0.0690. The molecule has 2 aliphatic heterocycles. The van der Waals surface area contributed by atoms with E-state index in [9.17, 15) is 0 Å². The lowest BCUT2D eigenvalue weighted by Gasteiger charge is -2.48. The molecule has 8 aromatic carbocycles. The van der Waals surface area contributed by atoms with Crippen molar-refractivity contribution in [2.45, 2.75) is 129 Å². The molecule has 13 rings (SSSR count). The lowest BCUT2D eigenvalue weighted by atomic mass is 9.33. The number of benzene rings is 8. The first-order chi connectivity index (χ1) is 34.3. The van der Waals surface area contributed by atoms with Gasteiger partial charge in [-0.15, -0.1) is 0 Å².